The van der Waals surface area contributed by atoms with Crippen LogP contribution in [0, 0.1) is 0 Å². The van der Waals surface area contributed by atoms with E-state index in [9.17, 15) is 14.4 Å². The van der Waals surface area contributed by atoms with E-state index in [1.807, 2.05) is 0 Å². The van der Waals surface area contributed by atoms with Crippen LogP contribution in [0.5, 0.6) is 0 Å². The van der Waals surface area contributed by atoms with Gasteiger partial charge in [-0.3, -0.25) is 4.79 Å². The van der Waals surface area contributed by atoms with E-state index in [4.69, 9.17) is 11.2 Å². The molecule has 0 aromatic carbocycles. The van der Waals surface area contributed by atoms with Gasteiger partial charge in [0.1, 0.15) is 11.6 Å². The van der Waals surface area contributed by atoms with E-state index in [1.54, 1.807) is 0 Å². The second-order valence-corrected chi connectivity index (χ2v) is 4.30. The van der Waals surface area contributed by atoms with Crippen LogP contribution in [0.15, 0.2) is 0 Å². The van der Waals surface area contributed by atoms with Crippen molar-refractivity contribution >= 4 is 18.0 Å². The molecular formula is C11H19NO6. The van der Waals surface area contributed by atoms with Crippen molar-refractivity contribution in [1.29, 1.82) is 0 Å². The SMILES string of the molecule is [2H]CC(C)(C)OC(=O)N[C@@H](CCC(=O)OC)C(=O)O. The first-order chi connectivity index (χ1) is 8.71. The van der Waals surface area contributed by atoms with Crippen molar-refractivity contribution < 1.29 is 30.3 Å². The van der Waals surface area contributed by atoms with Gasteiger partial charge in [-0.05, 0) is 27.2 Å². The number of carboxylic acid groups (broad SMARTS) is 1. The summed E-state index contributed by atoms with van der Waals surface area (Å²) in [5.41, 5.74) is -1.00. The summed E-state index contributed by atoms with van der Waals surface area (Å²) in [6, 6.07) is -1.24. The average molecular weight is 262 g/mol. The van der Waals surface area contributed by atoms with Crippen LogP contribution in [-0.4, -0.2) is 41.9 Å². The minimum Gasteiger partial charge on any atom is -0.480 e. The van der Waals surface area contributed by atoms with E-state index in [0.717, 1.165) is 0 Å². The Morgan fingerprint density at radius 1 is 1.44 bits per heavy atom. The summed E-state index contributed by atoms with van der Waals surface area (Å²) in [7, 11) is 1.19. The number of alkyl carbamates (subject to hydrolysis) is 1. The predicted molar refractivity (Wildman–Crippen MR) is 62.0 cm³/mol. The van der Waals surface area contributed by atoms with Gasteiger partial charge >= 0.3 is 18.0 Å². The molecule has 0 aliphatic heterocycles. The summed E-state index contributed by atoms with van der Waals surface area (Å²) in [5, 5.41) is 11.0. The summed E-state index contributed by atoms with van der Waals surface area (Å²) < 4.78 is 16.4. The number of methoxy groups -OCH3 is 1. The highest BCUT2D eigenvalue weighted by Crippen LogP contribution is 2.08. The van der Waals surface area contributed by atoms with Gasteiger partial charge in [0.05, 0.1) is 7.11 Å². The van der Waals surface area contributed by atoms with Gasteiger partial charge in [0.2, 0.25) is 0 Å². The zero-order valence-corrected chi connectivity index (χ0v) is 10.7. The molecule has 0 spiro atoms. The molecule has 1 amide bonds. The molecule has 1 atom stereocenters. The Morgan fingerprint density at radius 3 is 2.50 bits per heavy atom. The van der Waals surface area contributed by atoms with Crippen LogP contribution in [-0.2, 0) is 19.1 Å². The molecule has 0 saturated carbocycles. The number of carboxylic acids is 1. The van der Waals surface area contributed by atoms with E-state index in [0.29, 0.717) is 0 Å². The minimum atomic E-state index is -1.27. The van der Waals surface area contributed by atoms with Crippen LogP contribution in [0.4, 0.5) is 4.79 Å². The first-order valence-electron chi connectivity index (χ1n) is 6.01. The lowest BCUT2D eigenvalue weighted by molar-refractivity contribution is -0.142. The second-order valence-electron chi connectivity index (χ2n) is 4.30. The number of ether oxygens (including phenoxy) is 2. The van der Waals surface area contributed by atoms with Gasteiger partial charge in [0.25, 0.3) is 0 Å². The van der Waals surface area contributed by atoms with Gasteiger partial charge < -0.3 is 19.9 Å². The van der Waals surface area contributed by atoms with Crippen molar-refractivity contribution in [2.24, 2.45) is 0 Å². The molecule has 18 heavy (non-hydrogen) atoms. The summed E-state index contributed by atoms with van der Waals surface area (Å²) in [6.45, 7) is 2.91. The van der Waals surface area contributed by atoms with Crippen molar-refractivity contribution in [1.82, 2.24) is 5.32 Å². The Kier molecular flexibility index (Phi) is 5.41. The lowest BCUT2D eigenvalue weighted by atomic mass is 10.1. The number of hydrogen-bond donors (Lipinski definition) is 2. The number of carbonyl (C=O) groups excluding carboxylic acids is 2. The van der Waals surface area contributed by atoms with Crippen molar-refractivity contribution in [3.05, 3.63) is 0 Å². The standard InChI is InChI=1S/C11H19NO6/c1-11(2,3)18-10(16)12-7(9(14)15)5-6-8(13)17-4/h7H,5-6H2,1-4H3,(H,12,16)(H,14,15)/t7-/m0/s1/i1D. The second kappa shape index (κ2) is 6.83. The molecular weight excluding hydrogens is 242 g/mol. The van der Waals surface area contributed by atoms with Crippen molar-refractivity contribution in [3.8, 4) is 0 Å². The molecule has 0 saturated heterocycles. The normalized spacial score (nSPS) is 13.2. The molecule has 0 aliphatic rings. The van der Waals surface area contributed by atoms with Crippen LogP contribution in [0.25, 0.3) is 0 Å². The lowest BCUT2D eigenvalue weighted by Gasteiger charge is -2.21. The molecule has 104 valence electrons. The number of hydrogen-bond acceptors (Lipinski definition) is 5. The highest BCUT2D eigenvalue weighted by atomic mass is 16.6. The first kappa shape index (κ1) is 14.3. The number of esters is 1. The summed E-state index contributed by atoms with van der Waals surface area (Å²) >= 11 is 0. The molecule has 0 heterocycles. The van der Waals surface area contributed by atoms with Crippen molar-refractivity contribution in [2.45, 2.75) is 45.2 Å². The topological polar surface area (TPSA) is 102 Å². The Morgan fingerprint density at radius 2 is 2.06 bits per heavy atom. The van der Waals surface area contributed by atoms with Gasteiger partial charge in [-0.15, -0.1) is 0 Å². The molecule has 0 rings (SSSR count). The zero-order valence-electron chi connectivity index (χ0n) is 11.7. The molecule has 2 N–H and O–H groups in total. The number of carbonyl (C=O) groups is 3. The number of amides is 1. The summed E-state index contributed by atoms with van der Waals surface area (Å²) in [6.07, 6.45) is -1.16. The maximum atomic E-state index is 11.5. The molecule has 0 bridgehead atoms. The van der Waals surface area contributed by atoms with Crippen LogP contribution in [0.1, 0.15) is 35.0 Å². The minimum absolute atomic E-state index is 0.0988. The van der Waals surface area contributed by atoms with E-state index < -0.39 is 29.7 Å². The Hall–Kier alpha value is -1.79. The van der Waals surface area contributed by atoms with Crippen LogP contribution < -0.4 is 5.32 Å². The molecule has 0 aromatic rings. The number of aliphatic carboxylic acids is 1. The third kappa shape index (κ3) is 7.48. The Balaban J connectivity index is 4.39. The number of nitrogens with one attached hydrogen (secondary N) is 1. The van der Waals surface area contributed by atoms with Gasteiger partial charge in [-0.1, -0.05) is 0 Å². The summed E-state index contributed by atoms with van der Waals surface area (Å²) in [5.74, 6) is -1.84. The van der Waals surface area contributed by atoms with Gasteiger partial charge in [-0.25, -0.2) is 9.59 Å². The van der Waals surface area contributed by atoms with E-state index in [-0.39, 0.29) is 19.7 Å². The largest absolute Gasteiger partial charge is 0.480 e. The van der Waals surface area contributed by atoms with Crippen molar-refractivity contribution in [3.63, 3.8) is 0 Å². The third-order valence-electron chi connectivity index (χ3n) is 1.82. The molecule has 0 aromatic heterocycles. The molecule has 0 radical (unpaired) electrons. The van der Waals surface area contributed by atoms with E-state index in [2.05, 4.69) is 10.1 Å². The monoisotopic (exact) mass is 262 g/mol. The smallest absolute Gasteiger partial charge is 0.408 e. The lowest BCUT2D eigenvalue weighted by Crippen LogP contribution is -2.43. The van der Waals surface area contributed by atoms with Gasteiger partial charge in [0.15, 0.2) is 0 Å². The molecule has 0 aliphatic carbocycles. The Bertz CT molecular complexity index is 344. The Labute approximate surface area is 107 Å². The van der Waals surface area contributed by atoms with E-state index in [1.165, 1.54) is 21.0 Å². The third-order valence-corrected chi connectivity index (χ3v) is 1.82. The maximum Gasteiger partial charge on any atom is 0.408 e. The van der Waals surface area contributed by atoms with Crippen LogP contribution in [0.3, 0.4) is 0 Å². The molecule has 0 fully saturated rings. The van der Waals surface area contributed by atoms with Gasteiger partial charge in [0, 0.05) is 7.79 Å². The zero-order chi connectivity index (χ0) is 15.1. The van der Waals surface area contributed by atoms with Crippen LogP contribution in [0.2, 0.25) is 0 Å². The average Bonchev–Trinajstić information content (AvgIpc) is 2.32. The fraction of sp³-hybridized carbons (Fsp3) is 0.727. The quantitative estimate of drug-likeness (QED) is 0.714. The number of rotatable bonds is 5. The highest BCUT2D eigenvalue weighted by molar-refractivity contribution is 5.80. The van der Waals surface area contributed by atoms with Gasteiger partial charge in [-0.2, -0.15) is 0 Å². The maximum absolute atomic E-state index is 11.5. The molecule has 7 nitrogen and oxygen atoms in total. The van der Waals surface area contributed by atoms with Crippen molar-refractivity contribution in [2.75, 3.05) is 7.11 Å². The van der Waals surface area contributed by atoms with Crippen LogP contribution >= 0.6 is 0 Å². The summed E-state index contributed by atoms with van der Waals surface area (Å²) in [4.78, 5) is 33.3. The fourth-order valence-electron chi connectivity index (χ4n) is 1.04. The predicted octanol–water partition coefficient (Wildman–Crippen LogP) is 0.917. The first-order valence-corrected chi connectivity index (χ1v) is 5.30. The van der Waals surface area contributed by atoms with E-state index >= 15 is 0 Å². The highest BCUT2D eigenvalue weighted by Gasteiger charge is 2.24. The molecule has 0 unspecified atom stereocenters. The fourth-order valence-corrected chi connectivity index (χ4v) is 1.04. The molecule has 7 heteroatoms.